The van der Waals surface area contributed by atoms with Gasteiger partial charge < -0.3 is 0 Å². The van der Waals surface area contributed by atoms with Crippen molar-refractivity contribution in [3.63, 3.8) is 0 Å². The van der Waals surface area contributed by atoms with Gasteiger partial charge >= 0.3 is 0 Å². The van der Waals surface area contributed by atoms with Crippen LogP contribution in [-0.4, -0.2) is 9.78 Å². The smallest absolute Gasteiger partial charge is 0.148 e. The molecule has 1 aromatic carbocycles. The molecule has 1 heterocycles. The maximum Gasteiger partial charge on any atom is 0.148 e. The van der Waals surface area contributed by atoms with Crippen LogP contribution in [0, 0.1) is 24.1 Å². The van der Waals surface area contributed by atoms with Crippen molar-refractivity contribution in [3.05, 3.63) is 47.0 Å². The fraction of sp³-hybridized carbons (Fsp3) is 0.375. The molecule has 0 amide bonds. The molecule has 4 heteroatoms. The largest absolute Gasteiger partial charge is 0.234 e. The number of benzene rings is 1. The van der Waals surface area contributed by atoms with Crippen LogP contribution in [0.5, 0.6) is 0 Å². The fourth-order valence-corrected chi connectivity index (χ4v) is 3.16. The van der Waals surface area contributed by atoms with Crippen LogP contribution in [0.2, 0.25) is 0 Å². The first-order valence-electron chi connectivity index (χ1n) is 6.92. The molecule has 1 aromatic heterocycles. The summed E-state index contributed by atoms with van der Waals surface area (Å²) in [4.78, 5) is 0. The molecular formula is C16H16FN3. The van der Waals surface area contributed by atoms with E-state index in [1.165, 1.54) is 6.07 Å². The van der Waals surface area contributed by atoms with Crippen molar-refractivity contribution >= 4 is 0 Å². The highest BCUT2D eigenvalue weighted by atomic mass is 19.1. The second kappa shape index (κ2) is 5.09. The topological polar surface area (TPSA) is 41.6 Å². The van der Waals surface area contributed by atoms with Gasteiger partial charge in [-0.25, -0.2) is 9.07 Å². The summed E-state index contributed by atoms with van der Waals surface area (Å²) < 4.78 is 15.7. The van der Waals surface area contributed by atoms with Gasteiger partial charge in [-0.15, -0.1) is 0 Å². The van der Waals surface area contributed by atoms with E-state index < -0.39 is 0 Å². The van der Waals surface area contributed by atoms with Gasteiger partial charge in [0.05, 0.1) is 11.8 Å². The molecule has 0 radical (unpaired) electrons. The predicted molar refractivity (Wildman–Crippen MR) is 74.2 cm³/mol. The van der Waals surface area contributed by atoms with E-state index in [1.807, 2.05) is 13.0 Å². The summed E-state index contributed by atoms with van der Waals surface area (Å²) >= 11 is 0. The molecule has 0 N–H and O–H groups in total. The third-order valence-electron chi connectivity index (χ3n) is 4.00. The Morgan fingerprint density at radius 3 is 3.00 bits per heavy atom. The first-order chi connectivity index (χ1) is 9.72. The van der Waals surface area contributed by atoms with Gasteiger partial charge in [0, 0.05) is 23.6 Å². The number of halogens is 1. The minimum atomic E-state index is -0.264. The van der Waals surface area contributed by atoms with Gasteiger partial charge in [0.1, 0.15) is 11.5 Å². The molecule has 0 saturated carbocycles. The molecule has 0 fully saturated rings. The maximum atomic E-state index is 14.0. The summed E-state index contributed by atoms with van der Waals surface area (Å²) in [5, 5.41) is 13.5. The Bertz CT molecular complexity index is 682. The lowest BCUT2D eigenvalue weighted by atomic mass is 9.83. The number of rotatable bonds is 2. The van der Waals surface area contributed by atoms with E-state index >= 15 is 0 Å². The van der Waals surface area contributed by atoms with Crippen molar-refractivity contribution < 1.29 is 4.39 Å². The second-order valence-corrected chi connectivity index (χ2v) is 5.26. The normalized spacial score (nSPS) is 17.6. The van der Waals surface area contributed by atoms with Gasteiger partial charge in [-0.05, 0) is 38.3 Å². The van der Waals surface area contributed by atoms with Gasteiger partial charge in [0.15, 0.2) is 0 Å². The number of hydrogen-bond donors (Lipinski definition) is 0. The fourth-order valence-electron chi connectivity index (χ4n) is 3.16. The number of nitrogens with zero attached hydrogens (tertiary/aromatic N) is 3. The van der Waals surface area contributed by atoms with Crippen molar-refractivity contribution in [2.24, 2.45) is 0 Å². The number of aromatic nitrogens is 2. The number of nitriles is 1. The molecule has 0 bridgehead atoms. The van der Waals surface area contributed by atoms with Crippen LogP contribution in [0.4, 0.5) is 4.39 Å². The summed E-state index contributed by atoms with van der Waals surface area (Å²) in [6.07, 6.45) is 3.45. The summed E-state index contributed by atoms with van der Waals surface area (Å²) in [6, 6.07) is 8.95. The van der Waals surface area contributed by atoms with E-state index in [-0.39, 0.29) is 11.7 Å². The molecule has 1 aliphatic rings. The summed E-state index contributed by atoms with van der Waals surface area (Å²) in [5.41, 5.74) is 3.64. The predicted octanol–water partition coefficient (Wildman–Crippen LogP) is 3.65. The highest BCUT2D eigenvalue weighted by Gasteiger charge is 2.27. The minimum Gasteiger partial charge on any atom is -0.234 e. The Morgan fingerprint density at radius 1 is 1.45 bits per heavy atom. The summed E-state index contributed by atoms with van der Waals surface area (Å²) in [5.74, 6) is -0.0236. The Morgan fingerprint density at radius 2 is 2.25 bits per heavy atom. The SMILES string of the molecule is Cc1nn(-c2ccccc2F)c2c1C(CC#N)CCC2. The molecule has 20 heavy (non-hydrogen) atoms. The molecule has 102 valence electrons. The molecule has 3 nitrogen and oxygen atoms in total. The summed E-state index contributed by atoms with van der Waals surface area (Å²) in [7, 11) is 0. The zero-order valence-electron chi connectivity index (χ0n) is 11.4. The quantitative estimate of drug-likeness (QED) is 0.835. The molecule has 1 aliphatic carbocycles. The Balaban J connectivity index is 2.14. The molecule has 1 unspecified atom stereocenters. The maximum absolute atomic E-state index is 14.0. The molecule has 0 spiro atoms. The van der Waals surface area contributed by atoms with Crippen LogP contribution in [0.3, 0.4) is 0 Å². The van der Waals surface area contributed by atoms with E-state index in [0.29, 0.717) is 12.1 Å². The first kappa shape index (κ1) is 12.9. The van der Waals surface area contributed by atoms with Crippen LogP contribution in [0.1, 0.15) is 42.1 Å². The average Bonchev–Trinajstić information content (AvgIpc) is 2.78. The van der Waals surface area contributed by atoms with Crippen LogP contribution in [-0.2, 0) is 6.42 Å². The van der Waals surface area contributed by atoms with Gasteiger partial charge in [-0.2, -0.15) is 10.4 Å². The number of para-hydroxylation sites is 1. The van der Waals surface area contributed by atoms with Gasteiger partial charge in [-0.3, -0.25) is 0 Å². The second-order valence-electron chi connectivity index (χ2n) is 5.26. The summed E-state index contributed by atoms with van der Waals surface area (Å²) in [6.45, 7) is 1.95. The van der Waals surface area contributed by atoms with Crippen molar-refractivity contribution in [3.8, 4) is 11.8 Å². The molecule has 1 atom stereocenters. The number of fused-ring (bicyclic) bond motifs is 1. The molecule has 3 rings (SSSR count). The highest BCUT2D eigenvalue weighted by molar-refractivity contribution is 5.41. The van der Waals surface area contributed by atoms with Gasteiger partial charge in [-0.1, -0.05) is 12.1 Å². The lowest BCUT2D eigenvalue weighted by Crippen LogP contribution is -2.12. The van der Waals surface area contributed by atoms with Gasteiger partial charge in [0.2, 0.25) is 0 Å². The van der Waals surface area contributed by atoms with E-state index in [9.17, 15) is 4.39 Å². The van der Waals surface area contributed by atoms with E-state index in [4.69, 9.17) is 5.26 Å². The Labute approximate surface area is 117 Å². The minimum absolute atomic E-state index is 0.240. The lowest BCUT2D eigenvalue weighted by Gasteiger charge is -2.21. The number of aryl methyl sites for hydroxylation is 1. The molecular weight excluding hydrogens is 253 g/mol. The third kappa shape index (κ3) is 2.00. The van der Waals surface area contributed by atoms with Crippen molar-refractivity contribution in [1.29, 1.82) is 5.26 Å². The standard InChI is InChI=1S/C16H16FN3/c1-11-16-12(9-10-18)5-4-8-15(16)20(19-11)14-7-3-2-6-13(14)17/h2-3,6-7,12H,4-5,8-9H2,1H3. The van der Waals surface area contributed by atoms with E-state index in [0.717, 1.165) is 36.2 Å². The highest BCUT2D eigenvalue weighted by Crippen LogP contribution is 2.37. The monoisotopic (exact) mass is 269 g/mol. The van der Waals surface area contributed by atoms with Crippen molar-refractivity contribution in [2.45, 2.75) is 38.5 Å². The molecule has 0 aliphatic heterocycles. The third-order valence-corrected chi connectivity index (χ3v) is 4.00. The zero-order valence-corrected chi connectivity index (χ0v) is 11.4. The first-order valence-corrected chi connectivity index (χ1v) is 6.92. The Hall–Kier alpha value is -2.15. The van der Waals surface area contributed by atoms with Crippen molar-refractivity contribution in [2.75, 3.05) is 0 Å². The van der Waals surface area contributed by atoms with Crippen molar-refractivity contribution in [1.82, 2.24) is 9.78 Å². The molecule has 0 saturated heterocycles. The Kier molecular flexibility index (Phi) is 3.27. The average molecular weight is 269 g/mol. The van der Waals surface area contributed by atoms with E-state index in [1.54, 1.807) is 16.8 Å². The van der Waals surface area contributed by atoms with Crippen LogP contribution < -0.4 is 0 Å². The van der Waals surface area contributed by atoms with E-state index in [2.05, 4.69) is 11.2 Å². The number of hydrogen-bond acceptors (Lipinski definition) is 2. The molecule has 2 aromatic rings. The lowest BCUT2D eigenvalue weighted by molar-refractivity contribution is 0.544. The zero-order chi connectivity index (χ0) is 14.1. The van der Waals surface area contributed by atoms with Crippen LogP contribution >= 0.6 is 0 Å². The van der Waals surface area contributed by atoms with Crippen LogP contribution in [0.25, 0.3) is 5.69 Å². The van der Waals surface area contributed by atoms with Gasteiger partial charge in [0.25, 0.3) is 0 Å². The van der Waals surface area contributed by atoms with Crippen LogP contribution in [0.15, 0.2) is 24.3 Å².